The largest absolute Gasteiger partial charge is 0.493 e. The van der Waals surface area contributed by atoms with Gasteiger partial charge >= 0.3 is 0 Å². The van der Waals surface area contributed by atoms with Gasteiger partial charge in [-0.2, -0.15) is 0 Å². The van der Waals surface area contributed by atoms with E-state index in [2.05, 4.69) is 6.92 Å². The van der Waals surface area contributed by atoms with Crippen LogP contribution < -0.4 is 10.5 Å². The topological polar surface area (TPSA) is 64.8 Å². The highest BCUT2D eigenvalue weighted by atomic mass is 19.1. The van der Waals surface area contributed by atoms with Crippen molar-refractivity contribution >= 4 is 11.6 Å². The fraction of sp³-hybridized carbons (Fsp3) is 0.458. The number of hydrogen-bond donors (Lipinski definition) is 1. The van der Waals surface area contributed by atoms with Crippen molar-refractivity contribution in [2.24, 2.45) is 0 Å². The predicted octanol–water partition coefficient (Wildman–Crippen LogP) is 5.14. The Kier molecular flexibility index (Phi) is 8.66. The summed E-state index contributed by atoms with van der Waals surface area (Å²) in [7, 11) is 1.63. The summed E-state index contributed by atoms with van der Waals surface area (Å²) in [5.41, 5.74) is 7.75. The number of anilines is 1. The Hall–Kier alpha value is -2.60. The summed E-state index contributed by atoms with van der Waals surface area (Å²) in [6.45, 7) is 9.04. The number of methoxy groups -OCH3 is 1. The summed E-state index contributed by atoms with van der Waals surface area (Å²) in [4.78, 5) is 15.1. The van der Waals surface area contributed by atoms with Crippen molar-refractivity contribution in [3.8, 4) is 16.9 Å². The smallest absolute Gasteiger partial charge is 0.254 e. The minimum atomic E-state index is -0.395. The van der Waals surface area contributed by atoms with Gasteiger partial charge in [0.2, 0.25) is 0 Å². The van der Waals surface area contributed by atoms with Crippen LogP contribution in [0.5, 0.6) is 5.75 Å². The summed E-state index contributed by atoms with van der Waals surface area (Å²) in [6.07, 6.45) is 1.54. The molecule has 0 saturated heterocycles. The second-order valence-electron chi connectivity index (χ2n) is 7.71. The standard InChI is InChI=1S/C24H33FN2O3/c1-6-17(4)27(16(2)3)24(28)18-8-10-20(21-15-19(26)9-11-22(21)25)23(14-18)30-13-7-12-29-5/h8-11,14-17H,6-7,12-13,26H2,1-5H3/t17-/m1/s1. The molecule has 1 amide bonds. The predicted molar refractivity (Wildman–Crippen MR) is 119 cm³/mol. The summed E-state index contributed by atoms with van der Waals surface area (Å²) in [6, 6.07) is 9.74. The first-order valence-corrected chi connectivity index (χ1v) is 10.4. The van der Waals surface area contributed by atoms with Crippen molar-refractivity contribution in [2.75, 3.05) is 26.1 Å². The molecule has 0 saturated carbocycles. The van der Waals surface area contributed by atoms with Crippen molar-refractivity contribution in [3.05, 3.63) is 47.8 Å². The zero-order valence-electron chi connectivity index (χ0n) is 18.6. The lowest BCUT2D eigenvalue weighted by molar-refractivity contribution is 0.0621. The summed E-state index contributed by atoms with van der Waals surface area (Å²) in [5, 5.41) is 0. The van der Waals surface area contributed by atoms with Crippen LogP contribution in [0.25, 0.3) is 11.1 Å². The minimum Gasteiger partial charge on any atom is -0.493 e. The third-order valence-electron chi connectivity index (χ3n) is 5.12. The van der Waals surface area contributed by atoms with Gasteiger partial charge in [0.25, 0.3) is 5.91 Å². The molecule has 30 heavy (non-hydrogen) atoms. The number of benzene rings is 2. The molecule has 164 valence electrons. The molecule has 0 bridgehead atoms. The highest BCUT2D eigenvalue weighted by molar-refractivity contribution is 5.96. The maximum Gasteiger partial charge on any atom is 0.254 e. The third-order valence-corrected chi connectivity index (χ3v) is 5.12. The van der Waals surface area contributed by atoms with Gasteiger partial charge < -0.3 is 20.1 Å². The van der Waals surface area contributed by atoms with Crippen LogP contribution in [0.1, 0.15) is 50.9 Å². The maximum atomic E-state index is 14.5. The molecule has 6 heteroatoms. The normalized spacial score (nSPS) is 12.1. The first kappa shape index (κ1) is 23.7. The van der Waals surface area contributed by atoms with Crippen molar-refractivity contribution in [3.63, 3.8) is 0 Å². The monoisotopic (exact) mass is 416 g/mol. The molecule has 1 atom stereocenters. The van der Waals surface area contributed by atoms with E-state index in [4.69, 9.17) is 15.2 Å². The van der Waals surface area contributed by atoms with E-state index >= 15 is 0 Å². The Labute approximate surface area is 179 Å². The van der Waals surface area contributed by atoms with Crippen molar-refractivity contribution in [1.29, 1.82) is 0 Å². The maximum absolute atomic E-state index is 14.5. The van der Waals surface area contributed by atoms with Crippen LogP contribution in [-0.2, 0) is 4.74 Å². The van der Waals surface area contributed by atoms with Crippen LogP contribution in [0, 0.1) is 5.82 Å². The summed E-state index contributed by atoms with van der Waals surface area (Å²) >= 11 is 0. The van der Waals surface area contributed by atoms with Crippen molar-refractivity contribution in [2.45, 2.75) is 52.6 Å². The van der Waals surface area contributed by atoms with E-state index < -0.39 is 5.82 Å². The lowest BCUT2D eigenvalue weighted by atomic mass is 10.00. The van der Waals surface area contributed by atoms with Gasteiger partial charge in [0.1, 0.15) is 11.6 Å². The Morgan fingerprint density at radius 1 is 1.10 bits per heavy atom. The molecule has 0 aromatic heterocycles. The van der Waals surface area contributed by atoms with E-state index in [0.717, 1.165) is 6.42 Å². The average Bonchev–Trinajstić information content (AvgIpc) is 2.72. The second kappa shape index (κ2) is 11.0. The molecule has 0 aliphatic carbocycles. The van der Waals surface area contributed by atoms with E-state index in [1.165, 1.54) is 12.1 Å². The molecular formula is C24H33FN2O3. The van der Waals surface area contributed by atoms with Crippen LogP contribution in [0.3, 0.4) is 0 Å². The number of amides is 1. The fourth-order valence-corrected chi connectivity index (χ4v) is 3.42. The Bertz CT molecular complexity index is 854. The number of nitrogens with two attached hydrogens (primary N) is 1. The number of hydrogen-bond acceptors (Lipinski definition) is 4. The third kappa shape index (κ3) is 5.72. The lowest BCUT2D eigenvalue weighted by Crippen LogP contribution is -2.43. The first-order valence-electron chi connectivity index (χ1n) is 10.4. The van der Waals surface area contributed by atoms with Crippen LogP contribution >= 0.6 is 0 Å². The highest BCUT2D eigenvalue weighted by Crippen LogP contribution is 2.34. The zero-order chi connectivity index (χ0) is 22.3. The number of ether oxygens (including phenoxy) is 2. The van der Waals surface area contributed by atoms with Gasteiger partial charge in [-0.3, -0.25) is 4.79 Å². The van der Waals surface area contributed by atoms with Crippen LogP contribution in [0.2, 0.25) is 0 Å². The molecule has 0 unspecified atom stereocenters. The molecule has 5 nitrogen and oxygen atoms in total. The Morgan fingerprint density at radius 3 is 2.47 bits per heavy atom. The van der Waals surface area contributed by atoms with Gasteiger partial charge in [-0.1, -0.05) is 6.92 Å². The molecular weight excluding hydrogens is 383 g/mol. The number of carbonyl (C=O) groups is 1. The molecule has 0 spiro atoms. The van der Waals surface area contributed by atoms with Gasteiger partial charge in [-0.05, 0) is 63.6 Å². The molecule has 2 rings (SSSR count). The van der Waals surface area contributed by atoms with Gasteiger partial charge in [0.05, 0.1) is 6.61 Å². The zero-order valence-corrected chi connectivity index (χ0v) is 18.6. The summed E-state index contributed by atoms with van der Waals surface area (Å²) in [5.74, 6) is -0.0107. The SMILES string of the molecule is CC[C@@H](C)N(C(=O)c1ccc(-c2cc(N)ccc2F)c(OCCCOC)c1)C(C)C. The van der Waals surface area contributed by atoms with Gasteiger partial charge in [-0.25, -0.2) is 4.39 Å². The minimum absolute atomic E-state index is 0.0598. The number of halogens is 1. The number of nitrogen functional groups attached to an aromatic ring is 1. The van der Waals surface area contributed by atoms with Crippen LogP contribution in [-0.4, -0.2) is 43.2 Å². The Balaban J connectivity index is 2.47. The first-order chi connectivity index (χ1) is 14.3. The molecule has 0 aliphatic heterocycles. The number of carbonyl (C=O) groups excluding carboxylic acids is 1. The number of rotatable bonds is 10. The Morgan fingerprint density at radius 2 is 1.83 bits per heavy atom. The molecule has 0 heterocycles. The van der Waals surface area contributed by atoms with Crippen molar-refractivity contribution < 1.29 is 18.7 Å². The fourth-order valence-electron chi connectivity index (χ4n) is 3.42. The van der Waals surface area contributed by atoms with E-state index in [1.54, 1.807) is 31.4 Å². The molecule has 0 radical (unpaired) electrons. The molecule has 0 aliphatic rings. The molecule has 0 fully saturated rings. The van der Waals surface area contributed by atoms with E-state index in [9.17, 15) is 9.18 Å². The molecule has 2 aromatic carbocycles. The van der Waals surface area contributed by atoms with E-state index in [-0.39, 0.29) is 18.0 Å². The van der Waals surface area contributed by atoms with Crippen molar-refractivity contribution in [1.82, 2.24) is 4.90 Å². The van der Waals surface area contributed by atoms with Gasteiger partial charge in [-0.15, -0.1) is 0 Å². The lowest BCUT2D eigenvalue weighted by Gasteiger charge is -2.32. The average molecular weight is 417 g/mol. The van der Waals surface area contributed by atoms with Crippen LogP contribution in [0.4, 0.5) is 10.1 Å². The highest BCUT2D eigenvalue weighted by Gasteiger charge is 2.24. The quantitative estimate of drug-likeness (QED) is 0.430. The van der Waals surface area contributed by atoms with Gasteiger partial charge in [0.15, 0.2) is 0 Å². The molecule has 2 N–H and O–H groups in total. The van der Waals surface area contributed by atoms with Crippen LogP contribution in [0.15, 0.2) is 36.4 Å². The molecule has 2 aromatic rings. The van der Waals surface area contributed by atoms with E-state index in [1.807, 2.05) is 25.7 Å². The summed E-state index contributed by atoms with van der Waals surface area (Å²) < 4.78 is 25.5. The van der Waals surface area contributed by atoms with Gasteiger partial charge in [0, 0.05) is 54.6 Å². The number of nitrogens with zero attached hydrogens (tertiary/aromatic N) is 1. The van der Waals surface area contributed by atoms with E-state index in [0.29, 0.717) is 47.8 Å². The second-order valence-corrected chi connectivity index (χ2v) is 7.71.